The average Bonchev–Trinajstić information content (AvgIpc) is 3.47. The van der Waals surface area contributed by atoms with Gasteiger partial charge < -0.3 is 19.4 Å². The Morgan fingerprint density at radius 3 is 2.74 bits per heavy atom. The lowest BCUT2D eigenvalue weighted by atomic mass is 10.1. The number of carbonyl (C=O) groups excluding carboxylic acids is 3. The van der Waals surface area contributed by atoms with E-state index < -0.39 is 18.5 Å². The Hall–Kier alpha value is -3.88. The first-order valence-corrected chi connectivity index (χ1v) is 9.87. The van der Waals surface area contributed by atoms with Crippen molar-refractivity contribution in [2.45, 2.75) is 26.3 Å². The molecule has 3 rings (SSSR count). The SMILES string of the molecule is CCCc1cc(C(=O)OCC(=O)N(C)c2ccccc2C(=O)NCc2ccco2)n[nH]1. The van der Waals surface area contributed by atoms with E-state index in [0.29, 0.717) is 17.0 Å². The molecule has 0 atom stereocenters. The number of aromatic amines is 1. The molecule has 1 aromatic carbocycles. The maximum absolute atomic E-state index is 12.6. The maximum atomic E-state index is 12.6. The van der Waals surface area contributed by atoms with Crippen molar-refractivity contribution < 1.29 is 23.5 Å². The number of rotatable bonds is 9. The minimum atomic E-state index is -0.690. The van der Waals surface area contributed by atoms with Gasteiger partial charge in [-0.2, -0.15) is 5.10 Å². The lowest BCUT2D eigenvalue weighted by molar-refractivity contribution is -0.121. The van der Waals surface area contributed by atoms with Gasteiger partial charge in [-0.1, -0.05) is 25.5 Å². The van der Waals surface area contributed by atoms with Crippen molar-refractivity contribution in [2.24, 2.45) is 0 Å². The number of esters is 1. The minimum absolute atomic E-state index is 0.122. The molecule has 2 N–H and O–H groups in total. The number of likely N-dealkylation sites (N-methyl/N-ethyl adjacent to an activating group) is 1. The predicted molar refractivity (Wildman–Crippen MR) is 113 cm³/mol. The summed E-state index contributed by atoms with van der Waals surface area (Å²) in [7, 11) is 1.52. The van der Waals surface area contributed by atoms with Gasteiger partial charge in [-0.05, 0) is 36.8 Å². The van der Waals surface area contributed by atoms with Crippen molar-refractivity contribution in [2.75, 3.05) is 18.6 Å². The van der Waals surface area contributed by atoms with Crippen LogP contribution in [-0.4, -0.2) is 41.6 Å². The highest BCUT2D eigenvalue weighted by Gasteiger charge is 2.21. The van der Waals surface area contributed by atoms with Crippen LogP contribution in [0, 0.1) is 0 Å². The molecule has 9 heteroatoms. The molecule has 162 valence electrons. The highest BCUT2D eigenvalue weighted by Crippen LogP contribution is 2.20. The van der Waals surface area contributed by atoms with E-state index >= 15 is 0 Å². The fourth-order valence-corrected chi connectivity index (χ4v) is 2.93. The zero-order valence-electron chi connectivity index (χ0n) is 17.4. The quantitative estimate of drug-likeness (QED) is 0.510. The summed E-state index contributed by atoms with van der Waals surface area (Å²) in [5, 5.41) is 9.43. The van der Waals surface area contributed by atoms with Gasteiger partial charge in [0.15, 0.2) is 12.3 Å². The van der Waals surface area contributed by atoms with E-state index in [1.165, 1.54) is 18.2 Å². The minimum Gasteiger partial charge on any atom is -0.467 e. The molecule has 0 aliphatic carbocycles. The van der Waals surface area contributed by atoms with Gasteiger partial charge in [-0.15, -0.1) is 0 Å². The zero-order chi connectivity index (χ0) is 22.2. The second-order valence-electron chi connectivity index (χ2n) is 6.84. The first-order valence-electron chi connectivity index (χ1n) is 9.87. The normalized spacial score (nSPS) is 10.5. The van der Waals surface area contributed by atoms with Crippen LogP contribution in [0.1, 0.15) is 45.6 Å². The molecule has 0 aliphatic heterocycles. The summed E-state index contributed by atoms with van der Waals surface area (Å²) in [6.45, 7) is 1.76. The standard InChI is InChI=1S/C22H24N4O5/c1-3-7-15-12-18(25-24-15)22(29)31-14-20(27)26(2)19-10-5-4-9-17(19)21(28)23-13-16-8-6-11-30-16/h4-6,8-12H,3,7,13-14H2,1-2H3,(H,23,28)(H,24,25). The molecule has 0 unspecified atom stereocenters. The van der Waals surface area contributed by atoms with Gasteiger partial charge in [0.1, 0.15) is 5.76 Å². The highest BCUT2D eigenvalue weighted by atomic mass is 16.5. The van der Waals surface area contributed by atoms with E-state index in [9.17, 15) is 14.4 Å². The van der Waals surface area contributed by atoms with Gasteiger partial charge in [0, 0.05) is 12.7 Å². The van der Waals surface area contributed by atoms with E-state index in [0.717, 1.165) is 18.5 Å². The van der Waals surface area contributed by atoms with Gasteiger partial charge >= 0.3 is 5.97 Å². The molecule has 0 fully saturated rings. The summed E-state index contributed by atoms with van der Waals surface area (Å²) in [6, 6.07) is 11.8. The summed E-state index contributed by atoms with van der Waals surface area (Å²) < 4.78 is 10.3. The lowest BCUT2D eigenvalue weighted by Gasteiger charge is -2.20. The number of anilines is 1. The number of H-pyrrole nitrogens is 1. The topological polar surface area (TPSA) is 118 Å². The molecule has 0 radical (unpaired) electrons. The van der Waals surface area contributed by atoms with Crippen molar-refractivity contribution >= 4 is 23.5 Å². The van der Waals surface area contributed by atoms with E-state index in [1.54, 1.807) is 42.5 Å². The molecule has 0 spiro atoms. The number of nitrogens with one attached hydrogen (secondary N) is 2. The molecular weight excluding hydrogens is 400 g/mol. The largest absolute Gasteiger partial charge is 0.467 e. The summed E-state index contributed by atoms with van der Waals surface area (Å²) in [5.74, 6) is -0.917. The van der Waals surface area contributed by atoms with Gasteiger partial charge in [0.05, 0.1) is 24.1 Å². The number of carbonyl (C=O) groups is 3. The fourth-order valence-electron chi connectivity index (χ4n) is 2.93. The van der Waals surface area contributed by atoms with Crippen LogP contribution >= 0.6 is 0 Å². The monoisotopic (exact) mass is 424 g/mol. The molecule has 2 heterocycles. The van der Waals surface area contributed by atoms with Crippen molar-refractivity contribution in [3.63, 3.8) is 0 Å². The molecule has 0 bridgehead atoms. The Balaban J connectivity index is 1.60. The lowest BCUT2D eigenvalue weighted by Crippen LogP contribution is -2.33. The van der Waals surface area contributed by atoms with Crippen molar-refractivity contribution in [1.29, 1.82) is 0 Å². The number of ether oxygens (including phenoxy) is 1. The van der Waals surface area contributed by atoms with Crippen LogP contribution in [0.15, 0.2) is 53.1 Å². The van der Waals surface area contributed by atoms with Crippen molar-refractivity contribution in [3.05, 3.63) is 71.4 Å². The van der Waals surface area contributed by atoms with Crippen molar-refractivity contribution in [3.8, 4) is 0 Å². The Kier molecular flexibility index (Phi) is 7.21. The van der Waals surface area contributed by atoms with Crippen molar-refractivity contribution in [1.82, 2.24) is 15.5 Å². The predicted octanol–water partition coefficient (Wildman–Crippen LogP) is 2.71. The Bertz CT molecular complexity index is 1040. The maximum Gasteiger partial charge on any atom is 0.359 e. The summed E-state index contributed by atoms with van der Waals surface area (Å²) >= 11 is 0. The Morgan fingerprint density at radius 2 is 2.00 bits per heavy atom. The van der Waals surface area contributed by atoms with Crippen LogP contribution in [0.2, 0.25) is 0 Å². The van der Waals surface area contributed by atoms with Crippen LogP contribution < -0.4 is 10.2 Å². The van der Waals surface area contributed by atoms with Crippen LogP contribution in [0.3, 0.4) is 0 Å². The van der Waals surface area contributed by atoms with E-state index in [2.05, 4.69) is 15.5 Å². The number of hydrogen-bond donors (Lipinski definition) is 2. The second-order valence-corrected chi connectivity index (χ2v) is 6.84. The molecule has 2 aromatic heterocycles. The molecule has 3 aromatic rings. The fraction of sp³-hybridized carbons (Fsp3) is 0.273. The van der Waals surface area contributed by atoms with Crippen LogP contribution in [0.25, 0.3) is 0 Å². The molecule has 2 amide bonds. The number of para-hydroxylation sites is 1. The van der Waals surface area contributed by atoms with Gasteiger partial charge in [-0.3, -0.25) is 14.7 Å². The van der Waals surface area contributed by atoms with Gasteiger partial charge in [0.25, 0.3) is 11.8 Å². The summed E-state index contributed by atoms with van der Waals surface area (Å²) in [6.07, 6.45) is 3.20. The average molecular weight is 424 g/mol. The smallest absolute Gasteiger partial charge is 0.359 e. The third-order valence-electron chi connectivity index (χ3n) is 4.57. The molecule has 31 heavy (non-hydrogen) atoms. The Labute approximate surface area is 179 Å². The van der Waals surface area contributed by atoms with Crippen LogP contribution in [-0.2, 0) is 22.5 Å². The number of nitrogens with zero attached hydrogens (tertiary/aromatic N) is 2. The number of aryl methyl sites for hydroxylation is 1. The van der Waals surface area contributed by atoms with E-state index in [4.69, 9.17) is 9.15 Å². The first-order chi connectivity index (χ1) is 15.0. The second kappa shape index (κ2) is 10.2. The first kappa shape index (κ1) is 21.8. The molecule has 0 aliphatic rings. The van der Waals surface area contributed by atoms with Crippen LogP contribution in [0.5, 0.6) is 0 Å². The Morgan fingerprint density at radius 1 is 1.19 bits per heavy atom. The number of hydrogen-bond acceptors (Lipinski definition) is 6. The van der Waals surface area contributed by atoms with Crippen LogP contribution in [0.4, 0.5) is 5.69 Å². The molecule has 0 saturated heterocycles. The van der Waals surface area contributed by atoms with E-state index in [-0.39, 0.29) is 18.1 Å². The number of furan rings is 1. The third kappa shape index (κ3) is 5.59. The number of amides is 2. The molecule has 0 saturated carbocycles. The van der Waals surface area contributed by atoms with Gasteiger partial charge in [0.2, 0.25) is 0 Å². The molecule has 9 nitrogen and oxygen atoms in total. The number of aromatic nitrogens is 2. The number of benzene rings is 1. The highest BCUT2D eigenvalue weighted by molar-refractivity contribution is 6.05. The third-order valence-corrected chi connectivity index (χ3v) is 4.57. The van der Waals surface area contributed by atoms with E-state index in [1.807, 2.05) is 6.92 Å². The summed E-state index contributed by atoms with van der Waals surface area (Å²) in [4.78, 5) is 38.6. The summed E-state index contributed by atoms with van der Waals surface area (Å²) in [5.41, 5.74) is 1.65. The molecular formula is C22H24N4O5. The van der Waals surface area contributed by atoms with Gasteiger partial charge in [-0.25, -0.2) is 4.79 Å². The zero-order valence-corrected chi connectivity index (χ0v) is 17.4.